The van der Waals surface area contributed by atoms with Gasteiger partial charge in [-0.3, -0.25) is 5.01 Å². The van der Waals surface area contributed by atoms with Crippen LogP contribution in [0.25, 0.3) is 0 Å². The summed E-state index contributed by atoms with van der Waals surface area (Å²) in [4.78, 5) is 11.5. The van der Waals surface area contributed by atoms with Gasteiger partial charge in [-0.05, 0) is 39.5 Å². The Bertz CT molecular complexity index is 628. The van der Waals surface area contributed by atoms with Crippen molar-refractivity contribution < 1.29 is 0 Å². The van der Waals surface area contributed by atoms with E-state index in [2.05, 4.69) is 25.7 Å². The Balaban J connectivity index is 1.32. The van der Waals surface area contributed by atoms with E-state index in [4.69, 9.17) is 4.99 Å². The minimum atomic E-state index is 0.0950. The van der Waals surface area contributed by atoms with Crippen molar-refractivity contribution in [2.24, 2.45) is 15.1 Å². The highest BCUT2D eigenvalue weighted by Gasteiger charge is 2.32. The second kappa shape index (κ2) is 6.08. The summed E-state index contributed by atoms with van der Waals surface area (Å²) in [6, 6.07) is 0. The quantitative estimate of drug-likeness (QED) is 0.804. The van der Waals surface area contributed by atoms with Crippen LogP contribution in [0.1, 0.15) is 39.5 Å². The average Bonchev–Trinajstić information content (AvgIpc) is 3.28. The molecule has 8 heteroatoms. The Kier molecular flexibility index (Phi) is 3.91. The standard InChI is InChI=1S/C16H26N8/c1-11-10-17-12(2)24-15(11)18-13(20-24)6-7-14-19-16(21-22(14)3)23-8-4-5-9-23/h10,13-14,20H,4-9H2,1-3H3,(H,19,21). The number of aliphatic imine (C=N–C) groups is 2. The summed E-state index contributed by atoms with van der Waals surface area (Å²) in [5.41, 5.74) is 4.55. The van der Waals surface area contributed by atoms with Crippen molar-refractivity contribution in [3.05, 3.63) is 11.8 Å². The Morgan fingerprint density at radius 2 is 2.00 bits per heavy atom. The van der Waals surface area contributed by atoms with Crippen LogP contribution in [0.3, 0.4) is 0 Å². The van der Waals surface area contributed by atoms with Gasteiger partial charge in [0.25, 0.3) is 0 Å². The van der Waals surface area contributed by atoms with Gasteiger partial charge in [-0.25, -0.2) is 20.4 Å². The van der Waals surface area contributed by atoms with Gasteiger partial charge in [-0.1, -0.05) is 0 Å². The summed E-state index contributed by atoms with van der Waals surface area (Å²) < 4.78 is 0. The minimum absolute atomic E-state index is 0.0950. The van der Waals surface area contributed by atoms with Gasteiger partial charge in [0.15, 0.2) is 0 Å². The van der Waals surface area contributed by atoms with E-state index < -0.39 is 0 Å². The second-order valence-electron chi connectivity index (χ2n) is 6.85. The van der Waals surface area contributed by atoms with E-state index in [1.807, 2.05) is 37.1 Å². The molecule has 2 N–H and O–H groups in total. The molecule has 0 saturated carbocycles. The lowest BCUT2D eigenvalue weighted by Crippen LogP contribution is -2.46. The average molecular weight is 330 g/mol. The fraction of sp³-hybridized carbons (Fsp3) is 0.688. The monoisotopic (exact) mass is 330 g/mol. The first kappa shape index (κ1) is 15.4. The summed E-state index contributed by atoms with van der Waals surface area (Å²) in [7, 11) is 2.04. The van der Waals surface area contributed by atoms with Crippen molar-refractivity contribution in [1.82, 2.24) is 25.7 Å². The van der Waals surface area contributed by atoms with E-state index >= 15 is 0 Å². The largest absolute Gasteiger partial charge is 0.341 e. The molecule has 2 atom stereocenters. The summed E-state index contributed by atoms with van der Waals surface area (Å²) >= 11 is 0. The predicted octanol–water partition coefficient (Wildman–Crippen LogP) is 0.875. The number of likely N-dealkylation sites (tertiary alicyclic amines) is 1. The first-order chi connectivity index (χ1) is 11.6. The van der Waals surface area contributed by atoms with Gasteiger partial charge in [-0.15, -0.1) is 5.10 Å². The van der Waals surface area contributed by atoms with Crippen molar-refractivity contribution >= 4 is 17.6 Å². The molecule has 0 aromatic carbocycles. The van der Waals surface area contributed by atoms with Gasteiger partial charge < -0.3 is 10.2 Å². The molecule has 1 fully saturated rings. The number of hydrogen-bond acceptors (Lipinski definition) is 8. The number of rotatable bonds is 3. The Hall–Kier alpha value is -2.09. The van der Waals surface area contributed by atoms with Gasteiger partial charge in [0, 0.05) is 31.9 Å². The molecular formula is C16H26N8. The van der Waals surface area contributed by atoms with Crippen LogP contribution in [0, 0.1) is 0 Å². The number of hydrazine groups is 1. The van der Waals surface area contributed by atoms with E-state index in [1.165, 1.54) is 12.8 Å². The lowest BCUT2D eigenvalue weighted by Gasteiger charge is -2.24. The number of hydrazone groups is 1. The third-order valence-electron chi connectivity index (χ3n) is 5.01. The van der Waals surface area contributed by atoms with E-state index in [0.717, 1.165) is 49.1 Å². The lowest BCUT2D eigenvalue weighted by atomic mass is 10.2. The molecule has 4 aliphatic heterocycles. The van der Waals surface area contributed by atoms with E-state index in [9.17, 15) is 0 Å². The minimum Gasteiger partial charge on any atom is -0.341 e. The number of guanidine groups is 1. The summed E-state index contributed by atoms with van der Waals surface area (Å²) in [5, 5.41) is 12.3. The molecule has 0 aromatic rings. The van der Waals surface area contributed by atoms with Crippen LogP contribution in [0.15, 0.2) is 26.9 Å². The maximum absolute atomic E-state index is 4.81. The maximum atomic E-state index is 4.81. The predicted molar refractivity (Wildman–Crippen MR) is 95.2 cm³/mol. The Morgan fingerprint density at radius 1 is 1.21 bits per heavy atom. The molecule has 4 rings (SSSR count). The molecule has 0 aromatic heterocycles. The normalized spacial score (nSPS) is 29.2. The number of hydrogen-bond donors (Lipinski definition) is 2. The zero-order chi connectivity index (χ0) is 16.7. The van der Waals surface area contributed by atoms with Crippen LogP contribution in [0.5, 0.6) is 0 Å². The molecule has 4 aliphatic rings. The first-order valence-electron chi connectivity index (χ1n) is 8.80. The van der Waals surface area contributed by atoms with E-state index in [-0.39, 0.29) is 12.3 Å². The fourth-order valence-electron chi connectivity index (χ4n) is 3.55. The summed E-state index contributed by atoms with van der Waals surface area (Å²) in [5.74, 6) is 2.97. The lowest BCUT2D eigenvalue weighted by molar-refractivity contribution is 0.237. The molecular weight excluding hydrogens is 304 g/mol. The van der Waals surface area contributed by atoms with Crippen molar-refractivity contribution in [2.45, 2.75) is 51.9 Å². The highest BCUT2D eigenvalue weighted by atomic mass is 15.6. The zero-order valence-electron chi connectivity index (χ0n) is 14.7. The molecule has 8 nitrogen and oxygen atoms in total. The first-order valence-corrected chi connectivity index (χ1v) is 8.80. The number of fused-ring (bicyclic) bond motifs is 1. The van der Waals surface area contributed by atoms with Crippen molar-refractivity contribution in [1.29, 1.82) is 0 Å². The summed E-state index contributed by atoms with van der Waals surface area (Å²) in [6.07, 6.45) is 6.69. The van der Waals surface area contributed by atoms with Gasteiger partial charge in [0.05, 0.1) is 0 Å². The Labute approximate surface area is 143 Å². The molecule has 2 unspecified atom stereocenters. The van der Waals surface area contributed by atoms with Gasteiger partial charge in [-0.2, -0.15) is 0 Å². The van der Waals surface area contributed by atoms with Gasteiger partial charge in [0.2, 0.25) is 5.96 Å². The van der Waals surface area contributed by atoms with Crippen molar-refractivity contribution in [3.8, 4) is 0 Å². The molecule has 0 amide bonds. The zero-order valence-corrected chi connectivity index (χ0v) is 14.7. The third-order valence-corrected chi connectivity index (χ3v) is 5.01. The molecule has 0 radical (unpaired) electrons. The number of nitrogens with one attached hydrogen (secondary N) is 2. The van der Waals surface area contributed by atoms with E-state index in [1.54, 1.807) is 0 Å². The fourth-order valence-corrected chi connectivity index (χ4v) is 3.55. The molecule has 1 saturated heterocycles. The SMILES string of the molecule is CC1=CN=C(C)N2NC(CCC3NC(N4CCCC4)=NN3C)N=C12. The highest BCUT2D eigenvalue weighted by Crippen LogP contribution is 2.20. The third kappa shape index (κ3) is 2.75. The van der Waals surface area contributed by atoms with Crippen LogP contribution >= 0.6 is 0 Å². The van der Waals surface area contributed by atoms with Crippen LogP contribution in [-0.2, 0) is 0 Å². The Morgan fingerprint density at radius 3 is 2.75 bits per heavy atom. The molecule has 0 aliphatic carbocycles. The van der Waals surface area contributed by atoms with Crippen LogP contribution < -0.4 is 10.7 Å². The molecule has 4 heterocycles. The second-order valence-corrected chi connectivity index (χ2v) is 6.85. The summed E-state index contributed by atoms with van der Waals surface area (Å²) in [6.45, 7) is 6.28. The van der Waals surface area contributed by atoms with Crippen molar-refractivity contribution in [3.63, 3.8) is 0 Å². The van der Waals surface area contributed by atoms with E-state index in [0.29, 0.717) is 0 Å². The maximum Gasteiger partial charge on any atom is 0.218 e. The number of nitrogens with zero attached hydrogens (tertiary/aromatic N) is 6. The van der Waals surface area contributed by atoms with Crippen LogP contribution in [0.4, 0.5) is 0 Å². The molecule has 130 valence electrons. The smallest absolute Gasteiger partial charge is 0.218 e. The molecule has 0 bridgehead atoms. The van der Waals surface area contributed by atoms with Crippen LogP contribution in [0.2, 0.25) is 0 Å². The van der Waals surface area contributed by atoms with Crippen LogP contribution in [-0.4, -0.2) is 65.0 Å². The topological polar surface area (TPSA) is 70.9 Å². The number of amidine groups is 2. The highest BCUT2D eigenvalue weighted by molar-refractivity contribution is 6.10. The van der Waals surface area contributed by atoms with Gasteiger partial charge in [0.1, 0.15) is 24.0 Å². The van der Waals surface area contributed by atoms with Gasteiger partial charge >= 0.3 is 0 Å². The molecule has 0 spiro atoms. The molecule has 24 heavy (non-hydrogen) atoms. The van der Waals surface area contributed by atoms with Crippen molar-refractivity contribution in [2.75, 3.05) is 20.1 Å².